The third-order valence-corrected chi connectivity index (χ3v) is 7.41. The summed E-state index contributed by atoms with van der Waals surface area (Å²) in [6.07, 6.45) is 1.75. The Bertz CT molecular complexity index is 966. The Morgan fingerprint density at radius 2 is 1.96 bits per heavy atom. The van der Waals surface area contributed by atoms with Crippen molar-refractivity contribution in [3.05, 3.63) is 29.8 Å². The number of rotatable bonds is 3. The molecule has 132 valence electrons. The van der Waals surface area contributed by atoms with Gasteiger partial charge in [0.15, 0.2) is 10.9 Å². The van der Waals surface area contributed by atoms with E-state index in [0.717, 1.165) is 15.5 Å². The number of aromatic nitrogens is 3. The molecular formula is C15H17N5O3S2. The maximum Gasteiger partial charge on any atom is 0.248 e. The van der Waals surface area contributed by atoms with Crippen LogP contribution in [0.3, 0.4) is 0 Å². The van der Waals surface area contributed by atoms with E-state index >= 15 is 0 Å². The van der Waals surface area contributed by atoms with E-state index in [2.05, 4.69) is 20.0 Å². The Hall–Kier alpha value is -2.04. The molecular weight excluding hydrogens is 362 g/mol. The third kappa shape index (κ3) is 2.79. The highest BCUT2D eigenvalue weighted by atomic mass is 32.2. The number of thiazole rings is 1. The third-order valence-electron chi connectivity index (χ3n) is 4.23. The molecule has 3 aromatic heterocycles. The molecule has 4 rings (SSSR count). The van der Waals surface area contributed by atoms with Crippen molar-refractivity contribution >= 4 is 36.8 Å². The van der Waals surface area contributed by atoms with Crippen molar-refractivity contribution in [3.63, 3.8) is 0 Å². The topological polar surface area (TPSA) is 92.4 Å². The monoisotopic (exact) mass is 379 g/mol. The van der Waals surface area contributed by atoms with E-state index in [9.17, 15) is 8.42 Å². The molecule has 0 bridgehead atoms. The maximum atomic E-state index is 12.9. The lowest BCUT2D eigenvalue weighted by Gasteiger charge is -2.33. The Morgan fingerprint density at radius 3 is 2.60 bits per heavy atom. The minimum absolute atomic E-state index is 0.185. The fourth-order valence-corrected chi connectivity index (χ4v) is 5.66. The van der Waals surface area contributed by atoms with Crippen molar-refractivity contribution in [3.8, 4) is 0 Å². The van der Waals surface area contributed by atoms with Crippen molar-refractivity contribution in [2.45, 2.75) is 18.7 Å². The number of aryl methyl sites for hydroxylation is 2. The van der Waals surface area contributed by atoms with E-state index in [1.807, 2.05) is 12.1 Å². The number of piperazine rings is 1. The summed E-state index contributed by atoms with van der Waals surface area (Å²) in [4.78, 5) is 12.1. The molecule has 0 aromatic carbocycles. The minimum Gasteiger partial charge on any atom is -0.360 e. The summed E-state index contributed by atoms with van der Waals surface area (Å²) in [5.41, 5.74) is 1.27. The first-order valence-electron chi connectivity index (χ1n) is 7.86. The van der Waals surface area contributed by atoms with Crippen LogP contribution in [-0.2, 0) is 10.0 Å². The van der Waals surface area contributed by atoms with Crippen LogP contribution < -0.4 is 4.90 Å². The highest BCUT2D eigenvalue weighted by molar-refractivity contribution is 7.89. The lowest BCUT2D eigenvalue weighted by atomic mass is 10.4. The lowest BCUT2D eigenvalue weighted by Crippen LogP contribution is -2.48. The second-order valence-corrected chi connectivity index (χ2v) is 8.70. The Morgan fingerprint density at radius 1 is 1.20 bits per heavy atom. The molecule has 0 radical (unpaired) electrons. The summed E-state index contributed by atoms with van der Waals surface area (Å²) >= 11 is 1.53. The van der Waals surface area contributed by atoms with Crippen LogP contribution >= 0.6 is 11.3 Å². The Kier molecular flexibility index (Phi) is 3.97. The van der Waals surface area contributed by atoms with E-state index in [-0.39, 0.29) is 4.90 Å². The second kappa shape index (κ2) is 6.04. The van der Waals surface area contributed by atoms with Crippen LogP contribution in [0.15, 0.2) is 27.7 Å². The molecule has 25 heavy (non-hydrogen) atoms. The summed E-state index contributed by atoms with van der Waals surface area (Å²) in [7, 11) is -3.59. The van der Waals surface area contributed by atoms with Gasteiger partial charge in [-0.3, -0.25) is 0 Å². The molecule has 1 aliphatic rings. The summed E-state index contributed by atoms with van der Waals surface area (Å²) in [6.45, 7) is 5.24. The highest BCUT2D eigenvalue weighted by Crippen LogP contribution is 2.29. The molecule has 0 unspecified atom stereocenters. The number of hydrogen-bond donors (Lipinski definition) is 0. The number of anilines is 1. The second-order valence-electron chi connectivity index (χ2n) is 5.87. The van der Waals surface area contributed by atoms with Gasteiger partial charge in [0.1, 0.15) is 20.9 Å². The fraction of sp³-hybridized carbons (Fsp3) is 0.400. The quantitative estimate of drug-likeness (QED) is 0.685. The molecule has 0 saturated carbocycles. The number of hydrogen-bond acceptors (Lipinski definition) is 8. The lowest BCUT2D eigenvalue weighted by molar-refractivity contribution is 0.378. The van der Waals surface area contributed by atoms with E-state index < -0.39 is 10.0 Å². The van der Waals surface area contributed by atoms with Gasteiger partial charge < -0.3 is 9.42 Å². The molecule has 8 nitrogen and oxygen atoms in total. The average molecular weight is 379 g/mol. The van der Waals surface area contributed by atoms with Crippen molar-refractivity contribution in [2.24, 2.45) is 0 Å². The zero-order valence-corrected chi connectivity index (χ0v) is 15.5. The van der Waals surface area contributed by atoms with Gasteiger partial charge in [0.05, 0.1) is 0 Å². The van der Waals surface area contributed by atoms with Gasteiger partial charge >= 0.3 is 0 Å². The van der Waals surface area contributed by atoms with Crippen LogP contribution in [0.1, 0.15) is 11.5 Å². The van der Waals surface area contributed by atoms with Gasteiger partial charge in [-0.1, -0.05) is 16.5 Å². The molecule has 0 atom stereocenters. The van der Waals surface area contributed by atoms with Gasteiger partial charge in [0.25, 0.3) is 0 Å². The molecule has 10 heteroatoms. The Balaban J connectivity index is 1.53. The summed E-state index contributed by atoms with van der Waals surface area (Å²) in [5, 5.41) is 4.64. The van der Waals surface area contributed by atoms with Gasteiger partial charge in [-0.15, -0.1) is 0 Å². The molecule has 0 aliphatic carbocycles. The Labute approximate surface area is 149 Å². The zero-order valence-electron chi connectivity index (χ0n) is 13.8. The highest BCUT2D eigenvalue weighted by Gasteiger charge is 2.33. The molecule has 0 spiro atoms. The van der Waals surface area contributed by atoms with E-state index in [1.54, 1.807) is 20.0 Å². The molecule has 3 aromatic rings. The average Bonchev–Trinajstić information content (AvgIpc) is 3.18. The molecule has 0 amide bonds. The maximum absolute atomic E-state index is 12.9. The van der Waals surface area contributed by atoms with E-state index in [0.29, 0.717) is 37.6 Å². The number of nitrogens with zero attached hydrogens (tertiary/aromatic N) is 5. The van der Waals surface area contributed by atoms with Crippen LogP contribution in [0.4, 0.5) is 5.13 Å². The molecule has 0 N–H and O–H groups in total. The summed E-state index contributed by atoms with van der Waals surface area (Å²) in [6, 6.07) is 3.79. The van der Waals surface area contributed by atoms with Crippen LogP contribution in [0.2, 0.25) is 0 Å². The van der Waals surface area contributed by atoms with Gasteiger partial charge in [0, 0.05) is 32.4 Å². The van der Waals surface area contributed by atoms with Gasteiger partial charge in [-0.25, -0.2) is 18.4 Å². The first-order chi connectivity index (χ1) is 12.0. The largest absolute Gasteiger partial charge is 0.360 e. The van der Waals surface area contributed by atoms with Gasteiger partial charge in [-0.2, -0.15) is 4.31 Å². The van der Waals surface area contributed by atoms with Crippen LogP contribution in [0, 0.1) is 13.8 Å². The number of sulfonamides is 1. The first kappa shape index (κ1) is 16.4. The van der Waals surface area contributed by atoms with Crippen molar-refractivity contribution in [2.75, 3.05) is 31.1 Å². The van der Waals surface area contributed by atoms with Crippen LogP contribution in [0.5, 0.6) is 0 Å². The van der Waals surface area contributed by atoms with E-state index in [1.165, 1.54) is 15.6 Å². The first-order valence-corrected chi connectivity index (χ1v) is 10.1. The molecule has 4 heterocycles. The van der Waals surface area contributed by atoms with E-state index in [4.69, 9.17) is 4.52 Å². The van der Waals surface area contributed by atoms with Gasteiger partial charge in [-0.05, 0) is 26.0 Å². The normalized spacial score (nSPS) is 16.6. The van der Waals surface area contributed by atoms with Crippen molar-refractivity contribution in [1.29, 1.82) is 0 Å². The van der Waals surface area contributed by atoms with Crippen LogP contribution in [-0.4, -0.2) is 54.0 Å². The standard InChI is InChI=1S/C15H17N5O3S2/c1-10-13(11(2)23-18-10)25(21,22)20-8-6-19(7-9-20)15-17-12-4-3-5-16-14(12)24-15/h3-5H,6-9H2,1-2H3. The van der Waals surface area contributed by atoms with Crippen molar-refractivity contribution in [1.82, 2.24) is 19.4 Å². The molecule has 1 fully saturated rings. The zero-order chi connectivity index (χ0) is 17.6. The SMILES string of the molecule is Cc1noc(C)c1S(=O)(=O)N1CCN(c2nc3cccnc3s2)CC1. The van der Waals surface area contributed by atoms with Crippen molar-refractivity contribution < 1.29 is 12.9 Å². The van der Waals surface area contributed by atoms with Crippen LogP contribution in [0.25, 0.3) is 10.3 Å². The predicted molar refractivity (Wildman–Crippen MR) is 94.4 cm³/mol. The molecule has 1 aliphatic heterocycles. The number of pyridine rings is 1. The minimum atomic E-state index is -3.59. The smallest absolute Gasteiger partial charge is 0.248 e. The summed E-state index contributed by atoms with van der Waals surface area (Å²) in [5.74, 6) is 0.331. The predicted octanol–water partition coefficient (Wildman–Crippen LogP) is 1.81. The molecule has 1 saturated heterocycles. The summed E-state index contributed by atoms with van der Waals surface area (Å²) < 4.78 is 32.2. The number of fused-ring (bicyclic) bond motifs is 1. The van der Waals surface area contributed by atoms with Gasteiger partial charge in [0.2, 0.25) is 10.0 Å². The fourth-order valence-electron chi connectivity index (χ4n) is 2.99.